The number of aromatic hydroxyl groups is 1. The molecule has 1 aliphatic rings. The van der Waals surface area contributed by atoms with Crippen LogP contribution in [-0.2, 0) is 0 Å². The van der Waals surface area contributed by atoms with Gasteiger partial charge in [-0.3, -0.25) is 4.90 Å². The summed E-state index contributed by atoms with van der Waals surface area (Å²) in [7, 11) is 0. The molecule has 1 fully saturated rings. The van der Waals surface area contributed by atoms with Crippen molar-refractivity contribution in [3.8, 4) is 17.6 Å². The van der Waals surface area contributed by atoms with Crippen LogP contribution in [0, 0.1) is 11.3 Å². The van der Waals surface area contributed by atoms with E-state index in [9.17, 15) is 10.2 Å². The third-order valence-electron chi connectivity index (χ3n) is 6.25. The van der Waals surface area contributed by atoms with Crippen molar-refractivity contribution in [2.24, 2.45) is 0 Å². The lowest BCUT2D eigenvalue weighted by atomic mass is 9.97. The van der Waals surface area contributed by atoms with Crippen LogP contribution >= 0.6 is 0 Å². The minimum absolute atomic E-state index is 0.0322. The monoisotopic (exact) mass is 459 g/mol. The number of hydrogen-bond donors (Lipinski definition) is 3. The zero-order valence-corrected chi connectivity index (χ0v) is 18.9. The van der Waals surface area contributed by atoms with Crippen molar-refractivity contribution in [3.05, 3.63) is 89.5 Å². The summed E-state index contributed by atoms with van der Waals surface area (Å²) in [5.74, 6) is 0.627. The fourth-order valence-electron chi connectivity index (χ4n) is 4.55. The van der Waals surface area contributed by atoms with Crippen molar-refractivity contribution in [2.45, 2.75) is 12.1 Å². The summed E-state index contributed by atoms with van der Waals surface area (Å²) in [6, 6.07) is 24.6. The van der Waals surface area contributed by atoms with Gasteiger partial charge in [-0.05, 0) is 35.4 Å². The first kappa shape index (κ1) is 23.6. The molecule has 1 heterocycles. The van der Waals surface area contributed by atoms with E-state index in [1.54, 1.807) is 24.3 Å². The Hall–Kier alpha value is -3.57. The molecule has 0 spiro atoms. The van der Waals surface area contributed by atoms with Gasteiger partial charge in [0.05, 0.1) is 42.6 Å². The summed E-state index contributed by atoms with van der Waals surface area (Å²) in [4.78, 5) is 4.44. The SMILES string of the molecule is N#Cc1ccc(C(CO)N2CCN(c3ccc(OCCO)cc3O)[C@H](c3ccccc3)C2)cc1. The molecule has 1 aliphatic heterocycles. The summed E-state index contributed by atoms with van der Waals surface area (Å²) in [6.45, 7) is 2.04. The Morgan fingerprint density at radius 2 is 1.76 bits per heavy atom. The van der Waals surface area contributed by atoms with Crippen LogP contribution < -0.4 is 9.64 Å². The summed E-state index contributed by atoms with van der Waals surface area (Å²) < 4.78 is 5.43. The van der Waals surface area contributed by atoms with Gasteiger partial charge >= 0.3 is 0 Å². The number of phenolic OH excluding ortho intramolecular Hbond substituents is 1. The lowest BCUT2D eigenvalue weighted by Gasteiger charge is -2.45. The van der Waals surface area contributed by atoms with Crippen LogP contribution in [0.1, 0.15) is 28.8 Å². The van der Waals surface area contributed by atoms with Crippen molar-refractivity contribution in [1.29, 1.82) is 5.26 Å². The van der Waals surface area contributed by atoms with Gasteiger partial charge in [0.25, 0.3) is 0 Å². The van der Waals surface area contributed by atoms with Crippen molar-refractivity contribution < 1.29 is 20.1 Å². The average molecular weight is 460 g/mol. The maximum Gasteiger partial charge on any atom is 0.142 e. The predicted molar refractivity (Wildman–Crippen MR) is 130 cm³/mol. The van der Waals surface area contributed by atoms with Gasteiger partial charge < -0.3 is 25.0 Å². The van der Waals surface area contributed by atoms with E-state index in [0.717, 1.165) is 11.1 Å². The molecule has 34 heavy (non-hydrogen) atoms. The third kappa shape index (κ3) is 5.15. The smallest absolute Gasteiger partial charge is 0.142 e. The second-order valence-corrected chi connectivity index (χ2v) is 8.27. The van der Waals surface area contributed by atoms with E-state index in [-0.39, 0.29) is 37.7 Å². The Labute approximate surface area is 199 Å². The zero-order chi connectivity index (χ0) is 23.9. The van der Waals surface area contributed by atoms with Gasteiger partial charge in [-0.1, -0.05) is 42.5 Å². The molecule has 0 aliphatic carbocycles. The van der Waals surface area contributed by atoms with Crippen LogP contribution in [0.5, 0.6) is 11.5 Å². The predicted octanol–water partition coefficient (Wildman–Crippen LogP) is 3.23. The molecule has 0 radical (unpaired) electrons. The summed E-state index contributed by atoms with van der Waals surface area (Å²) in [5, 5.41) is 39.1. The lowest BCUT2D eigenvalue weighted by Crippen LogP contribution is -2.50. The fraction of sp³-hybridized carbons (Fsp3) is 0.296. The molecule has 7 heteroatoms. The van der Waals surface area contributed by atoms with Gasteiger partial charge in [-0.25, -0.2) is 0 Å². The molecular weight excluding hydrogens is 430 g/mol. The number of aliphatic hydroxyl groups excluding tert-OH is 2. The molecule has 4 rings (SSSR count). The molecule has 3 N–H and O–H groups in total. The number of phenols is 1. The Bertz CT molecular complexity index is 1110. The number of anilines is 1. The zero-order valence-electron chi connectivity index (χ0n) is 18.9. The maximum absolute atomic E-state index is 10.8. The van der Waals surface area contributed by atoms with Crippen molar-refractivity contribution >= 4 is 5.69 Å². The Kier molecular flexibility index (Phi) is 7.65. The topological polar surface area (TPSA) is 100 Å². The Balaban J connectivity index is 1.62. The summed E-state index contributed by atoms with van der Waals surface area (Å²) in [5.41, 5.74) is 3.39. The molecule has 3 aromatic carbocycles. The van der Waals surface area contributed by atoms with Crippen molar-refractivity contribution in [1.82, 2.24) is 4.90 Å². The van der Waals surface area contributed by atoms with Gasteiger partial charge in [0.2, 0.25) is 0 Å². The van der Waals surface area contributed by atoms with Gasteiger partial charge in [-0.15, -0.1) is 0 Å². The van der Waals surface area contributed by atoms with Crippen molar-refractivity contribution in [3.63, 3.8) is 0 Å². The standard InChI is InChI=1S/C27H29N3O4/c28-17-20-6-8-22(9-7-20)26(19-32)29-12-13-30(25(18-29)21-4-2-1-3-5-21)24-11-10-23(16-27(24)33)34-15-14-31/h1-11,16,25-26,31-33H,12-15,18-19H2/t25-,26?/m0/s1. The number of rotatable bonds is 8. The van der Waals surface area contributed by atoms with Crippen LogP contribution in [0.25, 0.3) is 0 Å². The molecule has 2 atom stereocenters. The molecule has 7 nitrogen and oxygen atoms in total. The highest BCUT2D eigenvalue weighted by atomic mass is 16.5. The van der Waals surface area contributed by atoms with Crippen LogP contribution in [0.15, 0.2) is 72.8 Å². The van der Waals surface area contributed by atoms with Crippen LogP contribution in [0.4, 0.5) is 5.69 Å². The van der Waals surface area contributed by atoms with E-state index in [2.05, 4.69) is 28.0 Å². The van der Waals surface area contributed by atoms with E-state index in [4.69, 9.17) is 15.1 Å². The number of nitriles is 1. The molecule has 0 saturated carbocycles. The van der Waals surface area contributed by atoms with Gasteiger partial charge in [0.1, 0.15) is 18.1 Å². The highest BCUT2D eigenvalue weighted by molar-refractivity contribution is 5.62. The number of benzene rings is 3. The molecule has 0 aromatic heterocycles. The van der Waals surface area contributed by atoms with Crippen LogP contribution in [0.2, 0.25) is 0 Å². The van der Waals surface area contributed by atoms with Crippen molar-refractivity contribution in [2.75, 3.05) is 44.4 Å². The molecule has 1 saturated heterocycles. The van der Waals surface area contributed by atoms with Gasteiger partial charge in [-0.2, -0.15) is 5.26 Å². The first-order chi connectivity index (χ1) is 16.6. The van der Waals surface area contributed by atoms with Gasteiger partial charge in [0, 0.05) is 25.7 Å². The van der Waals surface area contributed by atoms with E-state index >= 15 is 0 Å². The van der Waals surface area contributed by atoms with E-state index in [1.807, 2.05) is 36.4 Å². The normalized spacial score (nSPS) is 17.2. The number of aliphatic hydroxyl groups is 2. The maximum atomic E-state index is 10.8. The van der Waals surface area contributed by atoms with E-state index in [1.165, 1.54) is 0 Å². The van der Waals surface area contributed by atoms with E-state index in [0.29, 0.717) is 36.6 Å². The number of nitrogens with zero attached hydrogens (tertiary/aromatic N) is 3. The highest BCUT2D eigenvalue weighted by Crippen LogP contribution is 2.39. The largest absolute Gasteiger partial charge is 0.506 e. The first-order valence-electron chi connectivity index (χ1n) is 11.4. The van der Waals surface area contributed by atoms with Crippen LogP contribution in [-0.4, -0.2) is 59.7 Å². The molecule has 0 bridgehead atoms. The quantitative estimate of drug-likeness (QED) is 0.476. The Morgan fingerprint density at radius 1 is 1.00 bits per heavy atom. The average Bonchev–Trinajstić information content (AvgIpc) is 2.89. The van der Waals surface area contributed by atoms with Crippen LogP contribution in [0.3, 0.4) is 0 Å². The first-order valence-corrected chi connectivity index (χ1v) is 11.4. The second kappa shape index (κ2) is 11.0. The molecular formula is C27H29N3O4. The Morgan fingerprint density at radius 3 is 2.41 bits per heavy atom. The summed E-state index contributed by atoms with van der Waals surface area (Å²) >= 11 is 0. The molecule has 1 unspecified atom stereocenters. The lowest BCUT2D eigenvalue weighted by molar-refractivity contribution is 0.103. The third-order valence-corrected chi connectivity index (χ3v) is 6.25. The minimum atomic E-state index is -0.191. The van der Waals surface area contributed by atoms with Gasteiger partial charge in [0.15, 0.2) is 0 Å². The molecule has 176 valence electrons. The van der Waals surface area contributed by atoms with E-state index < -0.39 is 0 Å². The molecule has 0 amide bonds. The molecule has 3 aromatic rings. The minimum Gasteiger partial charge on any atom is -0.506 e. The second-order valence-electron chi connectivity index (χ2n) is 8.27. The number of piperazine rings is 1. The number of hydrogen-bond acceptors (Lipinski definition) is 7. The summed E-state index contributed by atoms with van der Waals surface area (Å²) in [6.07, 6.45) is 0. The highest BCUT2D eigenvalue weighted by Gasteiger charge is 2.33. The number of ether oxygens (including phenoxy) is 1. The fourth-order valence-corrected chi connectivity index (χ4v) is 4.55.